The molecule has 7 nitrogen and oxygen atoms in total. The van der Waals surface area contributed by atoms with Gasteiger partial charge in [0, 0.05) is 0 Å². The molecule has 0 aliphatic rings. The predicted octanol–water partition coefficient (Wildman–Crippen LogP) is 0.996. The summed E-state index contributed by atoms with van der Waals surface area (Å²) in [7, 11) is 0. The summed E-state index contributed by atoms with van der Waals surface area (Å²) in [5.41, 5.74) is 0. The van der Waals surface area contributed by atoms with Crippen LogP contribution in [-0.4, -0.2) is 32.6 Å². The normalized spacial score (nSPS) is 11.8. The van der Waals surface area contributed by atoms with Crippen molar-refractivity contribution in [3.63, 3.8) is 0 Å². The molecule has 1 atom stereocenters. The molecule has 1 aromatic heterocycles. The number of nitrogens with zero attached hydrogens (tertiary/aromatic N) is 3. The molecule has 2 aromatic rings. The van der Waals surface area contributed by atoms with E-state index in [1.54, 1.807) is 12.1 Å². The van der Waals surface area contributed by atoms with Crippen molar-refractivity contribution < 1.29 is 9.53 Å². The molecule has 18 heavy (non-hydrogen) atoms. The van der Waals surface area contributed by atoms with Gasteiger partial charge >= 0.3 is 0 Å². The van der Waals surface area contributed by atoms with Crippen LogP contribution >= 0.6 is 0 Å². The summed E-state index contributed by atoms with van der Waals surface area (Å²) in [6.07, 6.45) is -0.0515. The van der Waals surface area contributed by atoms with Crippen LogP contribution in [-0.2, 0) is 4.79 Å². The Kier molecular flexibility index (Phi) is 3.85. The molecule has 0 fully saturated rings. The summed E-state index contributed by atoms with van der Waals surface area (Å²) in [6.45, 7) is 1.86. The molecule has 0 radical (unpaired) electrons. The van der Waals surface area contributed by atoms with Crippen LogP contribution in [0.5, 0.6) is 5.75 Å². The third-order valence-corrected chi connectivity index (χ3v) is 2.27. The fraction of sp³-hybridized carbons (Fsp3) is 0.273. The molecule has 1 aromatic carbocycles. The van der Waals surface area contributed by atoms with Crippen molar-refractivity contribution in [1.29, 1.82) is 0 Å². The summed E-state index contributed by atoms with van der Waals surface area (Å²) >= 11 is 0. The van der Waals surface area contributed by atoms with E-state index in [9.17, 15) is 4.79 Å². The molecule has 0 saturated heterocycles. The summed E-state index contributed by atoms with van der Waals surface area (Å²) in [6, 6.07) is 9.17. The number of H-pyrrole nitrogens is 1. The van der Waals surface area contributed by atoms with Gasteiger partial charge in [0.2, 0.25) is 0 Å². The van der Waals surface area contributed by atoms with Crippen LogP contribution in [0.25, 0.3) is 0 Å². The van der Waals surface area contributed by atoms with Gasteiger partial charge in [0.25, 0.3) is 11.9 Å². The Morgan fingerprint density at radius 3 is 2.83 bits per heavy atom. The number of benzene rings is 1. The van der Waals surface area contributed by atoms with Crippen LogP contribution in [0, 0.1) is 0 Å². The Balaban J connectivity index is 1.98. The van der Waals surface area contributed by atoms with E-state index in [1.807, 2.05) is 25.1 Å². The molecule has 7 heteroatoms. The lowest BCUT2D eigenvalue weighted by Gasteiger charge is -2.15. The second-order valence-electron chi connectivity index (χ2n) is 3.55. The van der Waals surface area contributed by atoms with Gasteiger partial charge in [-0.15, -0.1) is 5.10 Å². The lowest BCUT2D eigenvalue weighted by atomic mass is 10.2. The second kappa shape index (κ2) is 5.76. The third-order valence-electron chi connectivity index (χ3n) is 2.27. The molecule has 94 valence electrons. The van der Waals surface area contributed by atoms with Crippen molar-refractivity contribution in [3.05, 3.63) is 30.3 Å². The van der Waals surface area contributed by atoms with E-state index >= 15 is 0 Å². The maximum absolute atomic E-state index is 11.9. The van der Waals surface area contributed by atoms with E-state index < -0.39 is 6.10 Å². The van der Waals surface area contributed by atoms with Crippen LogP contribution in [0.3, 0.4) is 0 Å². The number of anilines is 1. The number of aromatic nitrogens is 4. The number of aromatic amines is 1. The number of para-hydroxylation sites is 1. The van der Waals surface area contributed by atoms with Gasteiger partial charge in [0.1, 0.15) is 5.75 Å². The van der Waals surface area contributed by atoms with Gasteiger partial charge in [-0.2, -0.15) is 5.21 Å². The number of rotatable bonds is 5. The summed E-state index contributed by atoms with van der Waals surface area (Å²) < 4.78 is 5.58. The highest BCUT2D eigenvalue weighted by atomic mass is 16.5. The lowest BCUT2D eigenvalue weighted by molar-refractivity contribution is -0.122. The van der Waals surface area contributed by atoms with Gasteiger partial charge in [-0.3, -0.25) is 10.1 Å². The zero-order chi connectivity index (χ0) is 12.8. The number of carbonyl (C=O) groups is 1. The average Bonchev–Trinajstić information content (AvgIpc) is 2.90. The lowest BCUT2D eigenvalue weighted by Crippen LogP contribution is -2.32. The number of amides is 1. The number of carbonyl (C=O) groups excluding carboxylic acids is 1. The summed E-state index contributed by atoms with van der Waals surface area (Å²) in [5, 5.41) is 15.4. The zero-order valence-electron chi connectivity index (χ0n) is 9.83. The predicted molar refractivity (Wildman–Crippen MR) is 64.0 cm³/mol. The number of hydrogen-bond acceptors (Lipinski definition) is 5. The molecule has 1 amide bonds. The Labute approximate surface area is 104 Å². The van der Waals surface area contributed by atoms with Crippen molar-refractivity contribution >= 4 is 11.9 Å². The fourth-order valence-electron chi connectivity index (χ4n) is 1.39. The molecule has 0 aliphatic carbocycles. The molecule has 0 bridgehead atoms. The minimum atomic E-state index is -0.592. The number of ether oxygens (including phenoxy) is 1. The largest absolute Gasteiger partial charge is 0.481 e. The van der Waals surface area contributed by atoms with Crippen molar-refractivity contribution in [2.75, 3.05) is 5.32 Å². The highest BCUT2D eigenvalue weighted by Crippen LogP contribution is 2.13. The fourth-order valence-corrected chi connectivity index (χ4v) is 1.39. The van der Waals surface area contributed by atoms with Gasteiger partial charge in [0.05, 0.1) is 0 Å². The van der Waals surface area contributed by atoms with Crippen LogP contribution in [0.2, 0.25) is 0 Å². The van der Waals surface area contributed by atoms with Gasteiger partial charge < -0.3 is 4.74 Å². The Bertz CT molecular complexity index is 485. The first-order valence-corrected chi connectivity index (χ1v) is 5.55. The van der Waals surface area contributed by atoms with E-state index in [1.165, 1.54) is 0 Å². The van der Waals surface area contributed by atoms with E-state index in [2.05, 4.69) is 25.9 Å². The molecular weight excluding hydrogens is 234 g/mol. The molecule has 2 rings (SSSR count). The number of hydrogen-bond donors (Lipinski definition) is 2. The monoisotopic (exact) mass is 247 g/mol. The first kappa shape index (κ1) is 12.0. The maximum Gasteiger partial charge on any atom is 0.269 e. The quantitative estimate of drug-likeness (QED) is 0.822. The van der Waals surface area contributed by atoms with E-state index in [0.29, 0.717) is 12.2 Å². The van der Waals surface area contributed by atoms with E-state index in [4.69, 9.17) is 4.74 Å². The van der Waals surface area contributed by atoms with Crippen LogP contribution in [0.15, 0.2) is 30.3 Å². The minimum absolute atomic E-state index is 0.134. The van der Waals surface area contributed by atoms with Gasteiger partial charge in [-0.1, -0.05) is 30.2 Å². The van der Waals surface area contributed by atoms with Crippen LogP contribution < -0.4 is 10.1 Å². The molecule has 1 unspecified atom stereocenters. The van der Waals surface area contributed by atoms with Crippen LogP contribution in [0.1, 0.15) is 13.3 Å². The topological polar surface area (TPSA) is 92.8 Å². The van der Waals surface area contributed by atoms with Crippen molar-refractivity contribution in [2.24, 2.45) is 0 Å². The number of nitrogens with one attached hydrogen (secondary N) is 2. The molecule has 0 spiro atoms. The SMILES string of the molecule is CCC(Oc1ccccc1)C(=O)Nc1nn[nH]n1. The van der Waals surface area contributed by atoms with Crippen molar-refractivity contribution in [1.82, 2.24) is 20.6 Å². The number of tetrazole rings is 1. The highest BCUT2D eigenvalue weighted by Gasteiger charge is 2.19. The standard InChI is InChI=1S/C11H13N5O2/c1-2-9(18-8-6-4-3-5-7-8)10(17)12-11-13-15-16-14-11/h3-7,9H,2H2,1H3,(H2,12,13,14,15,16,17). The Morgan fingerprint density at radius 2 is 2.22 bits per heavy atom. The molecular formula is C11H13N5O2. The maximum atomic E-state index is 11.9. The minimum Gasteiger partial charge on any atom is -0.481 e. The van der Waals surface area contributed by atoms with Crippen molar-refractivity contribution in [3.8, 4) is 5.75 Å². The second-order valence-corrected chi connectivity index (χ2v) is 3.55. The first-order chi connectivity index (χ1) is 8.79. The van der Waals surface area contributed by atoms with Gasteiger partial charge in [-0.25, -0.2) is 0 Å². The molecule has 0 aliphatic heterocycles. The zero-order valence-corrected chi connectivity index (χ0v) is 9.83. The Hall–Kier alpha value is -2.44. The molecule has 0 saturated carbocycles. The van der Waals surface area contributed by atoms with E-state index in [-0.39, 0.29) is 11.9 Å². The van der Waals surface area contributed by atoms with E-state index in [0.717, 1.165) is 0 Å². The van der Waals surface area contributed by atoms with Gasteiger partial charge in [0.15, 0.2) is 6.10 Å². The van der Waals surface area contributed by atoms with Crippen LogP contribution in [0.4, 0.5) is 5.95 Å². The summed E-state index contributed by atoms with van der Waals surface area (Å²) in [4.78, 5) is 11.9. The van der Waals surface area contributed by atoms with Gasteiger partial charge in [-0.05, 0) is 23.8 Å². The summed E-state index contributed by atoms with van der Waals surface area (Å²) in [5.74, 6) is 0.477. The average molecular weight is 247 g/mol. The molecule has 2 N–H and O–H groups in total. The smallest absolute Gasteiger partial charge is 0.269 e. The first-order valence-electron chi connectivity index (χ1n) is 5.55. The van der Waals surface area contributed by atoms with Crippen molar-refractivity contribution in [2.45, 2.75) is 19.4 Å². The molecule has 1 heterocycles. The Morgan fingerprint density at radius 1 is 1.44 bits per heavy atom. The third kappa shape index (κ3) is 3.03. The highest BCUT2D eigenvalue weighted by molar-refractivity contribution is 5.92.